The van der Waals surface area contributed by atoms with E-state index in [0.29, 0.717) is 18.0 Å². The molecule has 0 saturated carbocycles. The van der Waals surface area contributed by atoms with Crippen molar-refractivity contribution in [1.29, 1.82) is 0 Å². The quantitative estimate of drug-likeness (QED) is 0.800. The van der Waals surface area contributed by atoms with E-state index in [4.69, 9.17) is 15.2 Å². The van der Waals surface area contributed by atoms with Gasteiger partial charge in [-0.1, -0.05) is 0 Å². The molecule has 0 radical (unpaired) electrons. The summed E-state index contributed by atoms with van der Waals surface area (Å²) < 4.78 is 10.5. The Morgan fingerprint density at radius 2 is 2.00 bits per heavy atom. The lowest BCUT2D eigenvalue weighted by molar-refractivity contribution is -0.120. The molecule has 1 heterocycles. The summed E-state index contributed by atoms with van der Waals surface area (Å²) in [6.45, 7) is 4.16. The van der Waals surface area contributed by atoms with Crippen molar-refractivity contribution in [2.45, 2.75) is 25.8 Å². The SMILES string of the molecule is COc1ccc(-c2nc(CC(=O)NCC(C)(C)N)cs2)cc1OC. The largest absolute Gasteiger partial charge is 0.493 e. The van der Waals surface area contributed by atoms with Crippen LogP contribution < -0.4 is 20.5 Å². The predicted octanol–water partition coefficient (Wildman–Crippen LogP) is 2.22. The van der Waals surface area contributed by atoms with Gasteiger partial charge in [-0.2, -0.15) is 0 Å². The van der Waals surface area contributed by atoms with Crippen LogP contribution in [-0.2, 0) is 11.2 Å². The summed E-state index contributed by atoms with van der Waals surface area (Å²) in [5.41, 5.74) is 7.09. The average molecular weight is 349 g/mol. The number of nitrogens with two attached hydrogens (primary N) is 1. The maximum Gasteiger partial charge on any atom is 0.226 e. The normalized spacial score (nSPS) is 11.2. The number of hydrogen-bond donors (Lipinski definition) is 2. The van der Waals surface area contributed by atoms with Crippen molar-refractivity contribution in [3.05, 3.63) is 29.3 Å². The Kier molecular flexibility index (Phi) is 5.80. The van der Waals surface area contributed by atoms with E-state index in [9.17, 15) is 4.79 Å². The molecule has 0 unspecified atom stereocenters. The van der Waals surface area contributed by atoms with E-state index in [0.717, 1.165) is 16.3 Å². The van der Waals surface area contributed by atoms with Gasteiger partial charge in [0.15, 0.2) is 11.5 Å². The number of hydrogen-bond acceptors (Lipinski definition) is 6. The zero-order chi connectivity index (χ0) is 17.7. The third kappa shape index (κ3) is 4.94. The highest BCUT2D eigenvalue weighted by Gasteiger charge is 2.14. The number of nitrogens with zero attached hydrogens (tertiary/aromatic N) is 1. The summed E-state index contributed by atoms with van der Waals surface area (Å²) in [5.74, 6) is 1.23. The Bertz CT molecular complexity index is 707. The molecule has 0 aliphatic heterocycles. The lowest BCUT2D eigenvalue weighted by Gasteiger charge is -2.18. The molecule has 0 spiro atoms. The first kappa shape index (κ1) is 18.2. The standard InChI is InChI=1S/C17H23N3O3S/c1-17(2,18)10-19-15(21)8-12-9-24-16(20-12)11-5-6-13(22-3)14(7-11)23-4/h5-7,9H,8,10,18H2,1-4H3,(H,19,21). The van der Waals surface area contributed by atoms with Gasteiger partial charge >= 0.3 is 0 Å². The highest BCUT2D eigenvalue weighted by atomic mass is 32.1. The van der Waals surface area contributed by atoms with Crippen molar-refractivity contribution >= 4 is 17.2 Å². The Hall–Kier alpha value is -2.12. The molecule has 0 saturated heterocycles. The van der Waals surface area contributed by atoms with Crippen molar-refractivity contribution < 1.29 is 14.3 Å². The Morgan fingerprint density at radius 3 is 2.62 bits per heavy atom. The molecule has 0 bridgehead atoms. The van der Waals surface area contributed by atoms with Crippen molar-refractivity contribution in [2.24, 2.45) is 5.73 Å². The molecule has 1 aromatic heterocycles. The maximum atomic E-state index is 12.0. The van der Waals surface area contributed by atoms with E-state index in [-0.39, 0.29) is 12.3 Å². The molecule has 3 N–H and O–H groups in total. The van der Waals surface area contributed by atoms with E-state index >= 15 is 0 Å². The first-order valence-electron chi connectivity index (χ1n) is 7.55. The van der Waals surface area contributed by atoms with Crippen LogP contribution in [0.2, 0.25) is 0 Å². The number of carbonyl (C=O) groups is 1. The molecule has 7 heteroatoms. The number of carbonyl (C=O) groups excluding carboxylic acids is 1. The molecule has 2 rings (SSSR count). The highest BCUT2D eigenvalue weighted by molar-refractivity contribution is 7.13. The van der Waals surface area contributed by atoms with Gasteiger partial charge in [0, 0.05) is 23.0 Å². The smallest absolute Gasteiger partial charge is 0.226 e. The van der Waals surface area contributed by atoms with Gasteiger partial charge in [-0.3, -0.25) is 4.79 Å². The fraction of sp³-hybridized carbons (Fsp3) is 0.412. The minimum absolute atomic E-state index is 0.0855. The third-order valence-corrected chi connectivity index (χ3v) is 4.21. The van der Waals surface area contributed by atoms with Gasteiger partial charge in [0.1, 0.15) is 5.01 Å². The van der Waals surface area contributed by atoms with Crippen molar-refractivity contribution in [3.63, 3.8) is 0 Å². The molecule has 0 aliphatic carbocycles. The Labute approximate surface area is 146 Å². The fourth-order valence-corrected chi connectivity index (χ4v) is 2.86. The second kappa shape index (κ2) is 7.63. The molecule has 1 aromatic carbocycles. The summed E-state index contributed by atoms with van der Waals surface area (Å²) in [5, 5.41) is 5.54. The van der Waals surface area contributed by atoms with Crippen LogP contribution in [0.15, 0.2) is 23.6 Å². The monoisotopic (exact) mass is 349 g/mol. The first-order chi connectivity index (χ1) is 11.3. The number of rotatable bonds is 7. The minimum Gasteiger partial charge on any atom is -0.493 e. The van der Waals surface area contributed by atoms with Crippen molar-refractivity contribution in [2.75, 3.05) is 20.8 Å². The minimum atomic E-state index is -0.428. The fourth-order valence-electron chi connectivity index (χ4n) is 2.04. The summed E-state index contributed by atoms with van der Waals surface area (Å²) >= 11 is 1.49. The van der Waals surface area contributed by atoms with E-state index in [2.05, 4.69) is 10.3 Å². The molecule has 1 amide bonds. The third-order valence-electron chi connectivity index (χ3n) is 3.27. The lowest BCUT2D eigenvalue weighted by atomic mass is 10.1. The number of amides is 1. The number of benzene rings is 1. The molecular formula is C17H23N3O3S. The molecule has 2 aromatic rings. The summed E-state index contributed by atoms with van der Waals surface area (Å²) in [7, 11) is 3.19. The van der Waals surface area contributed by atoms with Crippen LogP contribution >= 0.6 is 11.3 Å². The van der Waals surface area contributed by atoms with Crippen LogP contribution in [0.5, 0.6) is 11.5 Å². The van der Waals surface area contributed by atoms with Crippen LogP contribution in [0.4, 0.5) is 0 Å². The second-order valence-electron chi connectivity index (χ2n) is 6.16. The lowest BCUT2D eigenvalue weighted by Crippen LogP contribution is -2.45. The molecule has 0 atom stereocenters. The van der Waals surface area contributed by atoms with E-state index in [1.807, 2.05) is 37.4 Å². The van der Waals surface area contributed by atoms with Crippen molar-refractivity contribution in [3.8, 4) is 22.1 Å². The summed E-state index contributed by atoms with van der Waals surface area (Å²) in [6, 6.07) is 5.63. The van der Waals surface area contributed by atoms with Crippen LogP contribution in [0.25, 0.3) is 10.6 Å². The zero-order valence-electron chi connectivity index (χ0n) is 14.4. The number of methoxy groups -OCH3 is 2. The van der Waals surface area contributed by atoms with Crippen LogP contribution in [0.3, 0.4) is 0 Å². The van der Waals surface area contributed by atoms with Gasteiger partial charge in [0.2, 0.25) is 5.91 Å². The van der Waals surface area contributed by atoms with E-state index in [1.54, 1.807) is 14.2 Å². The van der Waals surface area contributed by atoms with Gasteiger partial charge in [-0.05, 0) is 32.0 Å². The highest BCUT2D eigenvalue weighted by Crippen LogP contribution is 2.33. The second-order valence-corrected chi connectivity index (χ2v) is 7.01. The number of nitrogens with one attached hydrogen (secondary N) is 1. The van der Waals surface area contributed by atoms with Crippen LogP contribution in [0.1, 0.15) is 19.5 Å². The first-order valence-corrected chi connectivity index (χ1v) is 8.43. The maximum absolute atomic E-state index is 12.0. The molecule has 0 fully saturated rings. The average Bonchev–Trinajstić information content (AvgIpc) is 3.00. The Morgan fingerprint density at radius 1 is 1.29 bits per heavy atom. The topological polar surface area (TPSA) is 86.5 Å². The van der Waals surface area contributed by atoms with Gasteiger partial charge < -0.3 is 20.5 Å². The number of ether oxygens (including phenoxy) is 2. The van der Waals surface area contributed by atoms with Gasteiger partial charge in [-0.25, -0.2) is 4.98 Å². The van der Waals surface area contributed by atoms with Gasteiger partial charge in [0.05, 0.1) is 26.3 Å². The summed E-state index contributed by atoms with van der Waals surface area (Å²) in [4.78, 5) is 16.5. The molecule has 24 heavy (non-hydrogen) atoms. The zero-order valence-corrected chi connectivity index (χ0v) is 15.2. The van der Waals surface area contributed by atoms with E-state index in [1.165, 1.54) is 11.3 Å². The Balaban J connectivity index is 2.06. The van der Waals surface area contributed by atoms with E-state index < -0.39 is 5.54 Å². The van der Waals surface area contributed by atoms with Gasteiger partial charge in [-0.15, -0.1) is 11.3 Å². The molecule has 0 aliphatic rings. The van der Waals surface area contributed by atoms with Gasteiger partial charge in [0.25, 0.3) is 0 Å². The van der Waals surface area contributed by atoms with Crippen LogP contribution in [-0.4, -0.2) is 37.2 Å². The number of thiazole rings is 1. The van der Waals surface area contributed by atoms with Crippen molar-refractivity contribution in [1.82, 2.24) is 10.3 Å². The molecular weight excluding hydrogens is 326 g/mol. The summed E-state index contributed by atoms with van der Waals surface area (Å²) in [6.07, 6.45) is 0.236. The predicted molar refractivity (Wildman–Crippen MR) is 95.6 cm³/mol. The van der Waals surface area contributed by atoms with Crippen LogP contribution in [0, 0.1) is 0 Å². The molecule has 6 nitrogen and oxygen atoms in total. The molecule has 130 valence electrons. The number of aromatic nitrogens is 1.